The number of nitrogens with zero attached hydrogens (tertiary/aromatic N) is 2. The van der Waals surface area contributed by atoms with Gasteiger partial charge in [0.15, 0.2) is 0 Å². The molecule has 3 aromatic rings. The summed E-state index contributed by atoms with van der Waals surface area (Å²) in [5, 5.41) is 13.2. The minimum absolute atomic E-state index is 0.185. The van der Waals surface area contributed by atoms with Gasteiger partial charge in [-0.25, -0.2) is 9.78 Å². The molecule has 7 heteroatoms. The summed E-state index contributed by atoms with van der Waals surface area (Å²) in [5.74, 6) is -1.19. The highest BCUT2D eigenvalue weighted by Crippen LogP contribution is 2.39. The van der Waals surface area contributed by atoms with Gasteiger partial charge < -0.3 is 15.0 Å². The molecule has 1 aliphatic heterocycles. The minimum Gasteiger partial charge on any atom is -0.477 e. The van der Waals surface area contributed by atoms with E-state index in [0.717, 1.165) is 36.4 Å². The van der Waals surface area contributed by atoms with E-state index in [0.29, 0.717) is 17.1 Å². The molecular weight excluding hydrogens is 362 g/mol. The molecule has 0 bridgehead atoms. The Balaban J connectivity index is 1.70. The number of aromatic carboxylic acids is 1. The highest BCUT2D eigenvalue weighted by molar-refractivity contribution is 7.15. The number of fused-ring (bicyclic) bond motifs is 2. The van der Waals surface area contributed by atoms with E-state index in [1.54, 1.807) is 17.4 Å². The third-order valence-corrected chi connectivity index (χ3v) is 6.76. The first kappa shape index (κ1) is 16.6. The molecule has 138 valence electrons. The van der Waals surface area contributed by atoms with Gasteiger partial charge >= 0.3 is 5.97 Å². The van der Waals surface area contributed by atoms with Gasteiger partial charge in [0.25, 0.3) is 0 Å². The third kappa shape index (κ3) is 2.69. The lowest BCUT2D eigenvalue weighted by atomic mass is 10.0. The molecule has 1 saturated carbocycles. The van der Waals surface area contributed by atoms with Crippen molar-refractivity contribution in [3.63, 3.8) is 0 Å². The maximum atomic E-state index is 12.6. The van der Waals surface area contributed by atoms with Crippen LogP contribution in [0.4, 0.5) is 0 Å². The van der Waals surface area contributed by atoms with Crippen molar-refractivity contribution in [1.29, 1.82) is 0 Å². The minimum atomic E-state index is -1.19. The summed E-state index contributed by atoms with van der Waals surface area (Å²) in [6.45, 7) is 3.15. The standard InChI is InChI=1S/C20H19N3O3S/c1-10-18-11(6-7-21-10)8-16(27-18)15-5-4-13-17(24)14(20(25)26)9-23(12-2-3-12)19(13)22-15/h4-5,8-10,12,21H,2-3,6-7H2,1H3,(H,25,26). The van der Waals surface area contributed by atoms with Crippen molar-refractivity contribution in [2.24, 2.45) is 0 Å². The van der Waals surface area contributed by atoms with Crippen molar-refractivity contribution < 1.29 is 9.90 Å². The number of hydrogen-bond acceptors (Lipinski definition) is 5. The molecule has 2 N–H and O–H groups in total. The van der Waals surface area contributed by atoms with E-state index < -0.39 is 11.4 Å². The third-order valence-electron chi connectivity index (χ3n) is 5.38. The van der Waals surface area contributed by atoms with Crippen LogP contribution < -0.4 is 10.7 Å². The van der Waals surface area contributed by atoms with E-state index >= 15 is 0 Å². The average Bonchev–Trinajstić information content (AvgIpc) is 3.39. The fraction of sp³-hybridized carbons (Fsp3) is 0.350. The zero-order valence-corrected chi connectivity index (χ0v) is 15.7. The molecule has 0 spiro atoms. The number of carbonyl (C=O) groups is 1. The number of thiophene rings is 1. The summed E-state index contributed by atoms with van der Waals surface area (Å²) in [6, 6.07) is 6.34. The number of aromatic nitrogens is 2. The molecule has 1 unspecified atom stereocenters. The number of carboxylic acids is 1. The van der Waals surface area contributed by atoms with Crippen LogP contribution in [-0.4, -0.2) is 27.2 Å². The van der Waals surface area contributed by atoms with Gasteiger partial charge in [0.05, 0.1) is 16.0 Å². The van der Waals surface area contributed by atoms with Gasteiger partial charge in [0, 0.05) is 23.2 Å². The smallest absolute Gasteiger partial charge is 0.341 e. The summed E-state index contributed by atoms with van der Waals surface area (Å²) < 4.78 is 1.88. The van der Waals surface area contributed by atoms with Crippen LogP contribution in [0.2, 0.25) is 0 Å². The van der Waals surface area contributed by atoms with E-state index in [2.05, 4.69) is 18.3 Å². The summed E-state index contributed by atoms with van der Waals surface area (Å²) in [6.07, 6.45) is 4.45. The molecule has 0 radical (unpaired) electrons. The first-order valence-corrected chi connectivity index (χ1v) is 10.00. The number of rotatable bonds is 3. The maximum Gasteiger partial charge on any atom is 0.341 e. The molecule has 0 aromatic carbocycles. The second-order valence-corrected chi connectivity index (χ2v) is 8.39. The van der Waals surface area contributed by atoms with Crippen LogP contribution in [0, 0.1) is 0 Å². The van der Waals surface area contributed by atoms with Crippen molar-refractivity contribution in [3.8, 4) is 10.6 Å². The molecule has 0 amide bonds. The predicted molar refractivity (Wildman–Crippen MR) is 105 cm³/mol. The Kier molecular flexibility index (Phi) is 3.70. The van der Waals surface area contributed by atoms with Crippen LogP contribution in [0.1, 0.15) is 52.6 Å². The topological polar surface area (TPSA) is 84.2 Å². The predicted octanol–water partition coefficient (Wildman–Crippen LogP) is 3.36. The van der Waals surface area contributed by atoms with Gasteiger partial charge in [0.2, 0.25) is 5.43 Å². The first-order valence-electron chi connectivity index (χ1n) is 9.18. The van der Waals surface area contributed by atoms with Gasteiger partial charge in [-0.1, -0.05) is 0 Å². The van der Waals surface area contributed by atoms with Crippen LogP contribution in [-0.2, 0) is 6.42 Å². The quantitative estimate of drug-likeness (QED) is 0.727. The molecule has 1 atom stereocenters. The van der Waals surface area contributed by atoms with Crippen molar-refractivity contribution in [1.82, 2.24) is 14.9 Å². The van der Waals surface area contributed by atoms with Crippen molar-refractivity contribution in [2.45, 2.75) is 38.3 Å². The van der Waals surface area contributed by atoms with E-state index in [1.165, 1.54) is 16.6 Å². The molecule has 4 heterocycles. The van der Waals surface area contributed by atoms with Crippen molar-refractivity contribution >= 4 is 28.3 Å². The normalized spacial score (nSPS) is 19.2. The average molecular weight is 381 g/mol. The second-order valence-electron chi connectivity index (χ2n) is 7.31. The number of pyridine rings is 2. The Morgan fingerprint density at radius 3 is 2.89 bits per heavy atom. The second kappa shape index (κ2) is 6.00. The van der Waals surface area contributed by atoms with Crippen LogP contribution in [0.5, 0.6) is 0 Å². The number of carboxylic acid groups (broad SMARTS) is 1. The summed E-state index contributed by atoms with van der Waals surface area (Å²) in [4.78, 5) is 31.3. The zero-order valence-electron chi connectivity index (χ0n) is 14.9. The Morgan fingerprint density at radius 1 is 1.37 bits per heavy atom. The fourth-order valence-corrected chi connectivity index (χ4v) is 5.00. The van der Waals surface area contributed by atoms with Gasteiger partial charge in [-0.15, -0.1) is 11.3 Å². The molecule has 0 saturated heterocycles. The highest BCUT2D eigenvalue weighted by atomic mass is 32.1. The van der Waals surface area contributed by atoms with E-state index in [4.69, 9.17) is 4.98 Å². The van der Waals surface area contributed by atoms with E-state index in [9.17, 15) is 14.7 Å². The Hall–Kier alpha value is -2.51. The number of nitrogens with one attached hydrogen (secondary N) is 1. The molecule has 3 aromatic heterocycles. The van der Waals surface area contributed by atoms with Gasteiger partial charge in [0.1, 0.15) is 11.2 Å². The zero-order chi connectivity index (χ0) is 18.7. The summed E-state index contributed by atoms with van der Waals surface area (Å²) in [5.41, 5.74) is 2.14. The Labute approximate surface area is 159 Å². The van der Waals surface area contributed by atoms with Gasteiger partial charge in [-0.05, 0) is 56.5 Å². The monoisotopic (exact) mass is 381 g/mol. The molecule has 1 aliphatic carbocycles. The summed E-state index contributed by atoms with van der Waals surface area (Å²) >= 11 is 1.74. The lowest BCUT2D eigenvalue weighted by Crippen LogP contribution is -2.26. The SMILES string of the molecule is CC1NCCc2cc(-c3ccc4c(=O)c(C(=O)O)cn(C5CC5)c4n3)sc21. The highest BCUT2D eigenvalue weighted by Gasteiger charge is 2.28. The maximum absolute atomic E-state index is 12.6. The molecule has 27 heavy (non-hydrogen) atoms. The van der Waals surface area contributed by atoms with Crippen molar-refractivity contribution in [2.75, 3.05) is 6.54 Å². The molecular formula is C20H19N3O3S. The van der Waals surface area contributed by atoms with Crippen LogP contribution in [0.25, 0.3) is 21.6 Å². The van der Waals surface area contributed by atoms with Crippen LogP contribution in [0.3, 0.4) is 0 Å². The van der Waals surface area contributed by atoms with Crippen LogP contribution >= 0.6 is 11.3 Å². The molecule has 2 aliphatic rings. The first-order chi connectivity index (χ1) is 13.0. The summed E-state index contributed by atoms with van der Waals surface area (Å²) in [7, 11) is 0. The number of hydrogen-bond donors (Lipinski definition) is 2. The molecule has 6 nitrogen and oxygen atoms in total. The van der Waals surface area contributed by atoms with Crippen molar-refractivity contribution in [3.05, 3.63) is 50.6 Å². The Morgan fingerprint density at radius 2 is 2.19 bits per heavy atom. The largest absolute Gasteiger partial charge is 0.477 e. The van der Waals surface area contributed by atoms with E-state index in [-0.39, 0.29) is 11.6 Å². The van der Waals surface area contributed by atoms with Crippen LogP contribution in [0.15, 0.2) is 29.2 Å². The lowest BCUT2D eigenvalue weighted by Gasteiger charge is -2.19. The molecule has 1 fully saturated rings. The lowest BCUT2D eigenvalue weighted by molar-refractivity contribution is 0.0695. The van der Waals surface area contributed by atoms with E-state index in [1.807, 2.05) is 10.6 Å². The molecule has 5 rings (SSSR count). The van der Waals surface area contributed by atoms with Gasteiger partial charge in [-0.2, -0.15) is 0 Å². The van der Waals surface area contributed by atoms with Gasteiger partial charge in [-0.3, -0.25) is 4.79 Å². The fourth-order valence-electron chi connectivity index (χ4n) is 3.79. The Bertz CT molecular complexity index is 1140.